The molecular weight excluding hydrogens is 379 g/mol. The minimum atomic E-state index is -0.515. The van der Waals surface area contributed by atoms with E-state index in [0.29, 0.717) is 16.4 Å². The van der Waals surface area contributed by atoms with Crippen LogP contribution < -0.4 is 16.0 Å². The summed E-state index contributed by atoms with van der Waals surface area (Å²) in [5.74, 6) is -0.962. The van der Waals surface area contributed by atoms with E-state index in [1.165, 1.54) is 23.6 Å². The average molecular weight is 391 g/mol. The van der Waals surface area contributed by atoms with Gasteiger partial charge in [0, 0.05) is 21.8 Å². The largest absolute Gasteiger partial charge is 0.325 e. The second kappa shape index (κ2) is 7.94. The van der Waals surface area contributed by atoms with Gasteiger partial charge in [-0.3, -0.25) is 10.1 Å². The van der Waals surface area contributed by atoms with Crippen LogP contribution in [0.4, 0.5) is 25.7 Å². The zero-order valence-electron chi connectivity index (χ0n) is 13.1. The van der Waals surface area contributed by atoms with Crippen LogP contribution in [0.2, 0.25) is 5.02 Å². The second-order valence-corrected chi connectivity index (χ2v) is 6.39. The summed E-state index contributed by atoms with van der Waals surface area (Å²) < 4.78 is 13.1. The van der Waals surface area contributed by atoms with E-state index in [0.717, 1.165) is 11.3 Å². The minimum Gasteiger partial charge on any atom is -0.321 e. The molecule has 3 rings (SSSR count). The van der Waals surface area contributed by atoms with Gasteiger partial charge in [0.25, 0.3) is 5.91 Å². The van der Waals surface area contributed by atoms with Crippen molar-refractivity contribution in [3.8, 4) is 0 Å². The predicted molar refractivity (Wildman–Crippen MR) is 101 cm³/mol. The molecule has 1 aromatic heterocycles. The monoisotopic (exact) mass is 390 g/mol. The summed E-state index contributed by atoms with van der Waals surface area (Å²) in [5.41, 5.74) is 0.948. The van der Waals surface area contributed by atoms with Crippen LogP contribution in [0.1, 0.15) is 10.5 Å². The van der Waals surface area contributed by atoms with Gasteiger partial charge in [-0.25, -0.2) is 14.2 Å². The lowest BCUT2D eigenvalue weighted by Crippen LogP contribution is -2.19. The molecule has 1 heterocycles. The number of carbonyl (C=O) groups excluding carboxylic acids is 2. The molecule has 3 aromatic rings. The number of anilines is 3. The topological polar surface area (TPSA) is 83.1 Å². The predicted octanol–water partition coefficient (Wildman–Crippen LogP) is 4.83. The van der Waals surface area contributed by atoms with Gasteiger partial charge in [0.15, 0.2) is 5.13 Å². The SMILES string of the molecule is O=C(Nc1cccc(Cl)c1)Nc1nc(C(=O)Nc2cccc(F)c2)cs1. The highest BCUT2D eigenvalue weighted by atomic mass is 35.5. The van der Waals surface area contributed by atoms with Crippen molar-refractivity contribution in [3.63, 3.8) is 0 Å². The lowest BCUT2D eigenvalue weighted by molar-refractivity contribution is 0.102. The molecule has 0 unspecified atom stereocenters. The molecule has 6 nitrogen and oxygen atoms in total. The fraction of sp³-hybridized carbons (Fsp3) is 0. The third-order valence-electron chi connectivity index (χ3n) is 3.12. The van der Waals surface area contributed by atoms with Crippen molar-refractivity contribution in [1.82, 2.24) is 4.98 Å². The Kier molecular flexibility index (Phi) is 5.45. The van der Waals surface area contributed by atoms with Gasteiger partial charge in [0.2, 0.25) is 0 Å². The van der Waals surface area contributed by atoms with Crippen LogP contribution in [-0.2, 0) is 0 Å². The Morgan fingerprint density at radius 3 is 2.46 bits per heavy atom. The van der Waals surface area contributed by atoms with Crippen LogP contribution in [0.5, 0.6) is 0 Å². The fourth-order valence-corrected chi connectivity index (χ4v) is 2.90. The molecule has 9 heteroatoms. The number of rotatable bonds is 4. The first kappa shape index (κ1) is 17.8. The summed E-state index contributed by atoms with van der Waals surface area (Å²) in [6.07, 6.45) is 0. The zero-order valence-corrected chi connectivity index (χ0v) is 14.7. The lowest BCUT2D eigenvalue weighted by atomic mass is 10.3. The summed E-state index contributed by atoms with van der Waals surface area (Å²) in [5, 5.41) is 9.90. The molecule has 0 bridgehead atoms. The van der Waals surface area contributed by atoms with E-state index in [1.54, 1.807) is 30.3 Å². The van der Waals surface area contributed by atoms with Crippen molar-refractivity contribution >= 4 is 51.4 Å². The number of urea groups is 1. The molecule has 132 valence electrons. The average Bonchev–Trinajstić information content (AvgIpc) is 3.03. The van der Waals surface area contributed by atoms with E-state index < -0.39 is 17.8 Å². The number of benzene rings is 2. The number of nitrogens with zero attached hydrogens (tertiary/aromatic N) is 1. The molecule has 0 spiro atoms. The van der Waals surface area contributed by atoms with Gasteiger partial charge in [-0.1, -0.05) is 23.7 Å². The van der Waals surface area contributed by atoms with Crippen LogP contribution >= 0.6 is 22.9 Å². The van der Waals surface area contributed by atoms with Crippen LogP contribution in [0, 0.1) is 5.82 Å². The Bertz CT molecular complexity index is 963. The van der Waals surface area contributed by atoms with E-state index >= 15 is 0 Å². The molecule has 0 fully saturated rings. The summed E-state index contributed by atoms with van der Waals surface area (Å²) >= 11 is 6.94. The number of hydrogen-bond acceptors (Lipinski definition) is 4. The first-order valence-corrected chi connectivity index (χ1v) is 8.61. The molecule has 2 aromatic carbocycles. The van der Waals surface area contributed by atoms with Gasteiger partial charge in [-0.15, -0.1) is 11.3 Å². The number of hydrogen-bond donors (Lipinski definition) is 3. The van der Waals surface area contributed by atoms with Crippen molar-refractivity contribution in [1.29, 1.82) is 0 Å². The van der Waals surface area contributed by atoms with Crippen molar-refractivity contribution in [2.24, 2.45) is 0 Å². The van der Waals surface area contributed by atoms with Gasteiger partial charge in [0.05, 0.1) is 0 Å². The standard InChI is InChI=1S/C17H12ClFN4O2S/c18-10-3-1-5-12(7-10)21-16(25)23-17-22-14(9-26-17)15(24)20-13-6-2-4-11(19)8-13/h1-9H,(H,20,24)(H2,21,22,23,25). The highest BCUT2D eigenvalue weighted by Crippen LogP contribution is 2.19. The van der Waals surface area contributed by atoms with Gasteiger partial charge in [0.1, 0.15) is 11.5 Å². The lowest BCUT2D eigenvalue weighted by Gasteiger charge is -2.05. The first-order chi connectivity index (χ1) is 12.5. The number of nitrogens with one attached hydrogen (secondary N) is 3. The van der Waals surface area contributed by atoms with E-state index in [9.17, 15) is 14.0 Å². The van der Waals surface area contributed by atoms with Gasteiger partial charge >= 0.3 is 6.03 Å². The normalized spacial score (nSPS) is 10.2. The molecule has 26 heavy (non-hydrogen) atoms. The fourth-order valence-electron chi connectivity index (χ4n) is 2.02. The Hall–Kier alpha value is -2.97. The third-order valence-corrected chi connectivity index (χ3v) is 4.12. The van der Waals surface area contributed by atoms with E-state index in [1.807, 2.05) is 0 Å². The summed E-state index contributed by atoms with van der Waals surface area (Å²) in [7, 11) is 0. The molecule has 0 radical (unpaired) electrons. The number of halogens is 2. The van der Waals surface area contributed by atoms with Crippen LogP contribution in [-0.4, -0.2) is 16.9 Å². The van der Waals surface area contributed by atoms with E-state index in [2.05, 4.69) is 20.9 Å². The van der Waals surface area contributed by atoms with Crippen molar-refractivity contribution in [2.45, 2.75) is 0 Å². The zero-order chi connectivity index (χ0) is 18.5. The minimum absolute atomic E-state index is 0.109. The maximum absolute atomic E-state index is 13.1. The molecule has 3 N–H and O–H groups in total. The molecule has 0 aliphatic rings. The van der Waals surface area contributed by atoms with Crippen molar-refractivity contribution < 1.29 is 14.0 Å². The van der Waals surface area contributed by atoms with Crippen molar-refractivity contribution in [2.75, 3.05) is 16.0 Å². The molecule has 0 aliphatic heterocycles. The van der Waals surface area contributed by atoms with Gasteiger partial charge in [-0.05, 0) is 36.4 Å². The summed E-state index contributed by atoms with van der Waals surface area (Å²) in [4.78, 5) is 28.1. The van der Waals surface area contributed by atoms with E-state index in [4.69, 9.17) is 11.6 Å². The Morgan fingerprint density at radius 2 is 1.73 bits per heavy atom. The smallest absolute Gasteiger partial charge is 0.321 e. The van der Waals surface area contributed by atoms with Gasteiger partial charge in [-0.2, -0.15) is 0 Å². The highest BCUT2D eigenvalue weighted by molar-refractivity contribution is 7.14. The van der Waals surface area contributed by atoms with Crippen LogP contribution in [0.3, 0.4) is 0 Å². The molecule has 0 saturated carbocycles. The second-order valence-electron chi connectivity index (χ2n) is 5.09. The summed E-state index contributed by atoms with van der Waals surface area (Å²) in [6.45, 7) is 0. The van der Waals surface area contributed by atoms with E-state index in [-0.39, 0.29) is 10.8 Å². The van der Waals surface area contributed by atoms with Crippen LogP contribution in [0.25, 0.3) is 0 Å². The summed E-state index contributed by atoms with van der Waals surface area (Å²) in [6, 6.07) is 11.7. The number of amides is 3. The molecular formula is C17H12ClFN4O2S. The Balaban J connectivity index is 1.60. The number of thiazole rings is 1. The Morgan fingerprint density at radius 1 is 1.00 bits per heavy atom. The number of carbonyl (C=O) groups is 2. The number of aromatic nitrogens is 1. The molecule has 0 aliphatic carbocycles. The van der Waals surface area contributed by atoms with Crippen molar-refractivity contribution in [3.05, 3.63) is 70.4 Å². The maximum Gasteiger partial charge on any atom is 0.325 e. The molecule has 0 saturated heterocycles. The molecule has 3 amide bonds. The Labute approximate surface area is 157 Å². The highest BCUT2D eigenvalue weighted by Gasteiger charge is 2.13. The first-order valence-electron chi connectivity index (χ1n) is 7.35. The third kappa shape index (κ3) is 4.78. The molecule has 0 atom stereocenters. The maximum atomic E-state index is 13.1. The quantitative estimate of drug-likeness (QED) is 0.596. The van der Waals surface area contributed by atoms with Gasteiger partial charge < -0.3 is 10.6 Å². The van der Waals surface area contributed by atoms with Crippen LogP contribution in [0.15, 0.2) is 53.9 Å².